The lowest BCUT2D eigenvalue weighted by molar-refractivity contribution is 0.145. The molecule has 0 saturated heterocycles. The van der Waals surface area contributed by atoms with Crippen LogP contribution in [0.2, 0.25) is 0 Å². The molecule has 7 heteroatoms. The normalized spacial score (nSPS) is 13.0. The maximum absolute atomic E-state index is 13.2. The number of aryl methyl sites for hydroxylation is 1. The van der Waals surface area contributed by atoms with E-state index in [-0.39, 0.29) is 17.1 Å². The predicted octanol–water partition coefficient (Wildman–Crippen LogP) is 5.51. The summed E-state index contributed by atoms with van der Waals surface area (Å²) in [6, 6.07) is 18.5. The monoisotopic (exact) mass is 472 g/mol. The number of nitrogens with one attached hydrogen (secondary N) is 1. The molecule has 2 aromatic carbocycles. The van der Waals surface area contributed by atoms with Gasteiger partial charge < -0.3 is 4.98 Å². The van der Waals surface area contributed by atoms with E-state index in [1.165, 1.54) is 5.56 Å². The Balaban J connectivity index is 1.79. The van der Waals surface area contributed by atoms with Gasteiger partial charge in [-0.25, -0.2) is 4.68 Å². The summed E-state index contributed by atoms with van der Waals surface area (Å²) in [4.78, 5) is 18.6. The van der Waals surface area contributed by atoms with Gasteiger partial charge in [0, 0.05) is 18.7 Å². The second kappa shape index (κ2) is 10.5. The van der Waals surface area contributed by atoms with Crippen molar-refractivity contribution >= 4 is 10.9 Å². The third-order valence-corrected chi connectivity index (χ3v) is 7.00. The van der Waals surface area contributed by atoms with Crippen LogP contribution in [0, 0.1) is 6.92 Å². The smallest absolute Gasteiger partial charge is 0.252 e. The maximum Gasteiger partial charge on any atom is 0.252 e. The molecule has 0 fully saturated rings. The van der Waals surface area contributed by atoms with Gasteiger partial charge in [0.1, 0.15) is 0 Å². The van der Waals surface area contributed by atoms with Crippen LogP contribution in [0.15, 0.2) is 59.4 Å². The highest BCUT2D eigenvalue weighted by Gasteiger charge is 2.31. The molecule has 7 nitrogen and oxygen atoms in total. The molecule has 0 amide bonds. The number of para-hydroxylation sites is 1. The highest BCUT2D eigenvalue weighted by Crippen LogP contribution is 2.31. The van der Waals surface area contributed by atoms with Crippen molar-refractivity contribution in [3.63, 3.8) is 0 Å². The number of pyridine rings is 1. The Labute approximate surface area is 207 Å². The topological polar surface area (TPSA) is 79.7 Å². The number of rotatable bonds is 10. The van der Waals surface area contributed by atoms with Crippen molar-refractivity contribution in [2.24, 2.45) is 0 Å². The quantitative estimate of drug-likeness (QED) is 0.329. The first-order valence-electron chi connectivity index (χ1n) is 12.5. The lowest BCUT2D eigenvalue weighted by Crippen LogP contribution is -2.36. The first-order valence-corrected chi connectivity index (χ1v) is 12.5. The van der Waals surface area contributed by atoms with Crippen LogP contribution in [0.1, 0.15) is 75.5 Å². The largest absolute Gasteiger partial charge is 0.321 e. The van der Waals surface area contributed by atoms with Gasteiger partial charge in [0.25, 0.3) is 5.56 Å². The summed E-state index contributed by atoms with van der Waals surface area (Å²) in [5.74, 6) is 0.850. The molecule has 0 aliphatic heterocycles. The Morgan fingerprint density at radius 1 is 1.06 bits per heavy atom. The van der Waals surface area contributed by atoms with Gasteiger partial charge in [0.15, 0.2) is 5.82 Å². The molecule has 0 saturated carbocycles. The number of tetrazole rings is 1. The summed E-state index contributed by atoms with van der Waals surface area (Å²) < 4.78 is 1.97. The maximum atomic E-state index is 13.2. The number of benzene rings is 2. The standard InChI is InChI=1S/C28H36N6O/c1-6-12-24(26-30-31-32-34(26)28(4,5)7-2)33(18-21-14-9-8-10-15-21)19-23-17-22-16-11-13-20(3)25(22)29-27(23)35/h8-11,13-17,24H,6-7,12,18-19H2,1-5H3,(H,29,35)/t24-/m1/s1. The zero-order valence-corrected chi connectivity index (χ0v) is 21.5. The van der Waals surface area contributed by atoms with Crippen LogP contribution in [-0.2, 0) is 18.6 Å². The molecule has 4 aromatic rings. The Kier molecular flexibility index (Phi) is 7.45. The van der Waals surface area contributed by atoms with Gasteiger partial charge in [-0.3, -0.25) is 9.69 Å². The summed E-state index contributed by atoms with van der Waals surface area (Å²) in [5, 5.41) is 14.0. The van der Waals surface area contributed by atoms with E-state index in [1.807, 2.05) is 35.9 Å². The lowest BCUT2D eigenvalue weighted by Gasteiger charge is -2.33. The van der Waals surface area contributed by atoms with Gasteiger partial charge in [0.05, 0.1) is 17.1 Å². The van der Waals surface area contributed by atoms with Gasteiger partial charge in [-0.2, -0.15) is 0 Å². The fourth-order valence-corrected chi connectivity index (χ4v) is 4.59. The minimum Gasteiger partial charge on any atom is -0.321 e. The van der Waals surface area contributed by atoms with Crippen molar-refractivity contribution in [3.05, 3.63) is 87.5 Å². The number of H-pyrrole nitrogens is 1. The van der Waals surface area contributed by atoms with Crippen LogP contribution >= 0.6 is 0 Å². The minimum atomic E-state index is -0.207. The fraction of sp³-hybridized carbons (Fsp3) is 0.429. The van der Waals surface area contributed by atoms with E-state index in [2.05, 4.69) is 83.4 Å². The zero-order chi connectivity index (χ0) is 25.0. The summed E-state index contributed by atoms with van der Waals surface area (Å²) >= 11 is 0. The van der Waals surface area contributed by atoms with Crippen molar-refractivity contribution in [1.82, 2.24) is 30.1 Å². The zero-order valence-electron chi connectivity index (χ0n) is 21.5. The SMILES string of the molecule is CCC[C@H](c1nnnn1C(C)(C)CC)N(Cc1ccccc1)Cc1cc2cccc(C)c2[nH]c1=O. The van der Waals surface area contributed by atoms with E-state index in [0.29, 0.717) is 13.1 Å². The molecule has 184 valence electrons. The Morgan fingerprint density at radius 2 is 1.83 bits per heavy atom. The molecule has 0 aliphatic carbocycles. The number of nitrogens with zero attached hydrogens (tertiary/aromatic N) is 5. The molecule has 0 radical (unpaired) electrons. The minimum absolute atomic E-state index is 0.0337. The van der Waals surface area contributed by atoms with Crippen molar-refractivity contribution in [3.8, 4) is 0 Å². The second-order valence-corrected chi connectivity index (χ2v) is 9.97. The van der Waals surface area contributed by atoms with E-state index in [9.17, 15) is 4.79 Å². The van der Waals surface area contributed by atoms with Crippen LogP contribution in [0.5, 0.6) is 0 Å². The Hall–Kier alpha value is -3.32. The Bertz CT molecular complexity index is 1320. The lowest BCUT2D eigenvalue weighted by atomic mass is 10.00. The van der Waals surface area contributed by atoms with Gasteiger partial charge in [-0.15, -0.1) is 5.10 Å². The number of fused-ring (bicyclic) bond motifs is 1. The van der Waals surface area contributed by atoms with Crippen molar-refractivity contribution < 1.29 is 0 Å². The van der Waals surface area contributed by atoms with E-state index < -0.39 is 0 Å². The van der Waals surface area contributed by atoms with Crippen LogP contribution in [0.3, 0.4) is 0 Å². The predicted molar refractivity (Wildman–Crippen MR) is 140 cm³/mol. The van der Waals surface area contributed by atoms with Crippen LogP contribution in [0.4, 0.5) is 0 Å². The summed E-state index contributed by atoms with van der Waals surface area (Å²) in [7, 11) is 0. The third kappa shape index (κ3) is 5.35. The average molecular weight is 473 g/mol. The molecule has 4 rings (SSSR count). The molecule has 35 heavy (non-hydrogen) atoms. The highest BCUT2D eigenvalue weighted by molar-refractivity contribution is 5.81. The van der Waals surface area contributed by atoms with Gasteiger partial charge in [0.2, 0.25) is 0 Å². The number of hydrogen-bond acceptors (Lipinski definition) is 5. The summed E-state index contributed by atoms with van der Waals surface area (Å²) in [6.45, 7) is 11.9. The molecule has 1 N–H and O–H groups in total. The molecule has 2 aromatic heterocycles. The average Bonchev–Trinajstić information content (AvgIpc) is 3.34. The molecule has 0 bridgehead atoms. The van der Waals surface area contributed by atoms with Gasteiger partial charge in [-0.05, 0) is 66.6 Å². The van der Waals surface area contributed by atoms with Gasteiger partial charge in [-0.1, -0.05) is 68.8 Å². The second-order valence-electron chi connectivity index (χ2n) is 9.97. The fourth-order valence-electron chi connectivity index (χ4n) is 4.59. The molecular formula is C28H36N6O. The van der Waals surface area contributed by atoms with Crippen molar-refractivity contribution in [2.75, 3.05) is 0 Å². The molecule has 1 atom stereocenters. The summed E-state index contributed by atoms with van der Waals surface area (Å²) in [5.41, 5.74) is 3.64. The van der Waals surface area contributed by atoms with E-state index in [4.69, 9.17) is 0 Å². The van der Waals surface area contributed by atoms with Crippen LogP contribution in [0.25, 0.3) is 10.9 Å². The summed E-state index contributed by atoms with van der Waals surface area (Å²) in [6.07, 6.45) is 2.77. The van der Waals surface area contributed by atoms with Crippen molar-refractivity contribution in [1.29, 1.82) is 0 Å². The molecule has 2 heterocycles. The van der Waals surface area contributed by atoms with Crippen LogP contribution < -0.4 is 5.56 Å². The first kappa shape index (κ1) is 24.8. The van der Waals surface area contributed by atoms with Gasteiger partial charge >= 0.3 is 0 Å². The van der Waals surface area contributed by atoms with Crippen molar-refractivity contribution in [2.45, 2.75) is 78.6 Å². The number of aromatic nitrogens is 5. The molecule has 0 aliphatic rings. The Morgan fingerprint density at radius 3 is 2.54 bits per heavy atom. The number of hydrogen-bond donors (Lipinski definition) is 1. The molecule has 0 unspecified atom stereocenters. The molecular weight excluding hydrogens is 436 g/mol. The highest BCUT2D eigenvalue weighted by atomic mass is 16.1. The van der Waals surface area contributed by atoms with E-state index in [1.54, 1.807) is 0 Å². The van der Waals surface area contributed by atoms with E-state index in [0.717, 1.165) is 47.1 Å². The first-order chi connectivity index (χ1) is 16.8. The van der Waals surface area contributed by atoms with Crippen LogP contribution in [-0.4, -0.2) is 30.1 Å². The van der Waals surface area contributed by atoms with E-state index >= 15 is 0 Å². The third-order valence-electron chi connectivity index (χ3n) is 7.00. The number of aromatic amines is 1. The molecule has 0 spiro atoms.